The molecule has 1 atom stereocenters. The highest BCUT2D eigenvalue weighted by atomic mass is 32.1. The molecule has 0 bridgehead atoms. The van der Waals surface area contributed by atoms with E-state index in [9.17, 15) is 10.1 Å². The molecule has 7 heteroatoms. The number of nitrogens with zero attached hydrogens (tertiary/aromatic N) is 4. The SMILES string of the molecule is N#Cc1c(N2CC[C@@H](c3nccs3)C2)c2ncccc2[nH]c1=O. The van der Waals surface area contributed by atoms with Crippen LogP contribution in [0.25, 0.3) is 11.0 Å². The van der Waals surface area contributed by atoms with Gasteiger partial charge in [-0.15, -0.1) is 11.3 Å². The van der Waals surface area contributed by atoms with Gasteiger partial charge in [-0.05, 0) is 18.6 Å². The summed E-state index contributed by atoms with van der Waals surface area (Å²) in [5.74, 6) is 0.333. The molecule has 3 aromatic heterocycles. The number of nitriles is 1. The van der Waals surface area contributed by atoms with E-state index in [1.165, 1.54) is 0 Å². The number of H-pyrrole nitrogens is 1. The minimum absolute atomic E-state index is 0.135. The predicted octanol–water partition coefficient (Wildman–Crippen LogP) is 2.25. The average molecular weight is 323 g/mol. The fourth-order valence-electron chi connectivity index (χ4n) is 3.12. The first-order valence-electron chi connectivity index (χ1n) is 7.33. The summed E-state index contributed by atoms with van der Waals surface area (Å²) in [6.45, 7) is 1.53. The van der Waals surface area contributed by atoms with Gasteiger partial charge in [-0.25, -0.2) is 4.98 Å². The summed E-state index contributed by atoms with van der Waals surface area (Å²) in [7, 11) is 0. The normalized spacial score (nSPS) is 17.5. The highest BCUT2D eigenvalue weighted by Crippen LogP contribution is 2.34. The lowest BCUT2D eigenvalue weighted by atomic mass is 10.1. The van der Waals surface area contributed by atoms with Crippen LogP contribution in [0.1, 0.15) is 22.9 Å². The van der Waals surface area contributed by atoms with E-state index in [1.54, 1.807) is 23.6 Å². The van der Waals surface area contributed by atoms with Gasteiger partial charge in [0.15, 0.2) is 0 Å². The van der Waals surface area contributed by atoms with Crippen LogP contribution in [0.5, 0.6) is 0 Å². The molecule has 3 aromatic rings. The van der Waals surface area contributed by atoms with E-state index < -0.39 is 0 Å². The molecule has 0 radical (unpaired) electrons. The summed E-state index contributed by atoms with van der Waals surface area (Å²) >= 11 is 1.65. The number of nitrogens with one attached hydrogen (secondary N) is 1. The van der Waals surface area contributed by atoms with Crippen molar-refractivity contribution >= 4 is 28.1 Å². The van der Waals surface area contributed by atoms with E-state index in [2.05, 4.69) is 19.9 Å². The van der Waals surface area contributed by atoms with Crippen molar-refractivity contribution in [3.05, 3.63) is 50.8 Å². The minimum atomic E-state index is -0.360. The average Bonchev–Trinajstić information content (AvgIpc) is 3.24. The molecule has 1 saturated heterocycles. The highest BCUT2D eigenvalue weighted by molar-refractivity contribution is 7.09. The Labute approximate surface area is 136 Å². The number of aromatic amines is 1. The van der Waals surface area contributed by atoms with Gasteiger partial charge in [-0.1, -0.05) is 0 Å². The molecular weight excluding hydrogens is 310 g/mol. The van der Waals surface area contributed by atoms with Crippen molar-refractivity contribution in [3.63, 3.8) is 0 Å². The lowest BCUT2D eigenvalue weighted by Gasteiger charge is -2.20. The smallest absolute Gasteiger partial charge is 0.268 e. The lowest BCUT2D eigenvalue weighted by Crippen LogP contribution is -2.25. The number of fused-ring (bicyclic) bond motifs is 1. The van der Waals surface area contributed by atoms with Crippen LogP contribution >= 0.6 is 11.3 Å². The van der Waals surface area contributed by atoms with Crippen LogP contribution < -0.4 is 10.5 Å². The van der Waals surface area contributed by atoms with E-state index >= 15 is 0 Å². The van der Waals surface area contributed by atoms with Crippen LogP contribution in [0.4, 0.5) is 5.69 Å². The molecule has 0 saturated carbocycles. The Hall–Kier alpha value is -2.72. The first-order chi connectivity index (χ1) is 11.3. The van der Waals surface area contributed by atoms with Crippen LogP contribution in [-0.2, 0) is 0 Å². The zero-order chi connectivity index (χ0) is 15.8. The third-order valence-corrected chi connectivity index (χ3v) is 5.10. The number of rotatable bonds is 2. The van der Waals surface area contributed by atoms with Crippen LogP contribution in [0.2, 0.25) is 0 Å². The number of aromatic nitrogens is 3. The van der Waals surface area contributed by atoms with Crippen molar-refractivity contribution in [3.8, 4) is 6.07 Å². The summed E-state index contributed by atoms with van der Waals surface area (Å²) in [5.41, 5.74) is 1.75. The van der Waals surface area contributed by atoms with Gasteiger partial charge in [0.25, 0.3) is 5.56 Å². The number of pyridine rings is 2. The second-order valence-corrected chi connectivity index (χ2v) is 6.42. The number of hydrogen-bond donors (Lipinski definition) is 1. The number of anilines is 1. The maximum Gasteiger partial charge on any atom is 0.268 e. The first-order valence-corrected chi connectivity index (χ1v) is 8.21. The number of thiazole rings is 1. The molecule has 0 spiro atoms. The summed E-state index contributed by atoms with van der Waals surface area (Å²) in [5, 5.41) is 12.5. The standard InChI is InChI=1S/C16H13N5OS/c17-8-11-14(13-12(20-15(11)22)2-1-4-18-13)21-6-3-10(9-21)16-19-5-7-23-16/h1-2,4-5,7,10H,3,6,9H2,(H,20,22)/t10-/m1/s1. The van der Waals surface area contributed by atoms with E-state index in [4.69, 9.17) is 0 Å². The third kappa shape index (κ3) is 2.28. The molecule has 1 fully saturated rings. The first kappa shape index (κ1) is 13.9. The summed E-state index contributed by atoms with van der Waals surface area (Å²) < 4.78 is 0. The van der Waals surface area contributed by atoms with E-state index in [-0.39, 0.29) is 11.1 Å². The van der Waals surface area contributed by atoms with Crippen molar-refractivity contribution < 1.29 is 0 Å². The summed E-state index contributed by atoms with van der Waals surface area (Å²) in [6.07, 6.45) is 4.45. The van der Waals surface area contributed by atoms with Crippen LogP contribution in [0, 0.1) is 11.3 Å². The van der Waals surface area contributed by atoms with Gasteiger partial charge >= 0.3 is 0 Å². The summed E-state index contributed by atoms with van der Waals surface area (Å²) in [4.78, 5) is 25.8. The van der Waals surface area contributed by atoms with Crippen molar-refractivity contribution in [1.29, 1.82) is 5.26 Å². The quantitative estimate of drug-likeness (QED) is 0.781. The fourth-order valence-corrected chi connectivity index (χ4v) is 3.89. The van der Waals surface area contributed by atoms with Crippen LogP contribution in [-0.4, -0.2) is 28.0 Å². The minimum Gasteiger partial charge on any atom is -0.368 e. The molecule has 0 unspecified atom stereocenters. The van der Waals surface area contributed by atoms with Gasteiger partial charge in [-0.3, -0.25) is 9.78 Å². The van der Waals surface area contributed by atoms with Crippen LogP contribution in [0.15, 0.2) is 34.7 Å². The van der Waals surface area contributed by atoms with E-state index in [1.807, 2.05) is 23.7 Å². The van der Waals surface area contributed by atoms with Gasteiger partial charge in [0, 0.05) is 36.8 Å². The Morgan fingerprint density at radius 3 is 3.09 bits per heavy atom. The zero-order valence-corrected chi connectivity index (χ0v) is 13.0. The van der Waals surface area contributed by atoms with E-state index in [0.29, 0.717) is 22.6 Å². The molecule has 6 nitrogen and oxygen atoms in total. The molecule has 1 aliphatic heterocycles. The Kier molecular flexibility index (Phi) is 3.32. The Morgan fingerprint density at radius 1 is 1.39 bits per heavy atom. The third-order valence-electron chi connectivity index (χ3n) is 4.16. The van der Waals surface area contributed by atoms with Gasteiger partial charge in [-0.2, -0.15) is 5.26 Å². The molecule has 1 aliphatic rings. The molecule has 114 valence electrons. The maximum atomic E-state index is 12.2. The summed E-state index contributed by atoms with van der Waals surface area (Å²) in [6, 6.07) is 5.63. The number of hydrogen-bond acceptors (Lipinski definition) is 6. The molecule has 0 aliphatic carbocycles. The fraction of sp³-hybridized carbons (Fsp3) is 0.250. The van der Waals surface area contributed by atoms with Crippen molar-refractivity contribution in [2.45, 2.75) is 12.3 Å². The Balaban J connectivity index is 1.83. The lowest BCUT2D eigenvalue weighted by molar-refractivity contribution is 0.766. The second-order valence-electron chi connectivity index (χ2n) is 5.49. The Morgan fingerprint density at radius 2 is 2.30 bits per heavy atom. The molecule has 0 amide bonds. The van der Waals surface area contributed by atoms with Gasteiger partial charge in [0.1, 0.15) is 17.1 Å². The molecule has 23 heavy (non-hydrogen) atoms. The largest absolute Gasteiger partial charge is 0.368 e. The van der Waals surface area contributed by atoms with Gasteiger partial charge in [0.05, 0.1) is 16.2 Å². The predicted molar refractivity (Wildman–Crippen MR) is 88.8 cm³/mol. The highest BCUT2D eigenvalue weighted by Gasteiger charge is 2.29. The van der Waals surface area contributed by atoms with Crippen molar-refractivity contribution in [2.75, 3.05) is 18.0 Å². The zero-order valence-electron chi connectivity index (χ0n) is 12.2. The van der Waals surface area contributed by atoms with Gasteiger partial charge in [0.2, 0.25) is 0 Å². The molecule has 4 rings (SSSR count). The van der Waals surface area contributed by atoms with E-state index in [0.717, 1.165) is 24.5 Å². The van der Waals surface area contributed by atoms with Crippen molar-refractivity contribution in [2.24, 2.45) is 0 Å². The monoisotopic (exact) mass is 323 g/mol. The molecular formula is C16H13N5OS. The van der Waals surface area contributed by atoms with Crippen LogP contribution in [0.3, 0.4) is 0 Å². The van der Waals surface area contributed by atoms with Crippen molar-refractivity contribution in [1.82, 2.24) is 15.0 Å². The molecule has 1 N–H and O–H groups in total. The maximum absolute atomic E-state index is 12.2. The van der Waals surface area contributed by atoms with Gasteiger partial charge < -0.3 is 9.88 Å². The molecule has 0 aromatic carbocycles. The molecule has 4 heterocycles. The topological polar surface area (TPSA) is 85.7 Å². The Bertz CT molecular complexity index is 957. The second kappa shape index (κ2) is 5.48.